The molecular formula is C15H18O2. The lowest BCUT2D eigenvalue weighted by atomic mass is 9.93. The summed E-state index contributed by atoms with van der Waals surface area (Å²) in [6.45, 7) is 2.23. The Morgan fingerprint density at radius 1 is 1.12 bits per heavy atom. The maximum Gasteiger partial charge on any atom is 0.161 e. The standard InChI is InChI=1S/C15H18O2/c1-11-5-4-6-12(9-11)13-7-8-14(16-2)15(10-13)17-3/h4,6-11H,5H2,1-3H3. The summed E-state index contributed by atoms with van der Waals surface area (Å²) in [6, 6.07) is 6.03. The molecule has 1 aromatic rings. The van der Waals surface area contributed by atoms with Gasteiger partial charge in [-0.15, -0.1) is 0 Å². The van der Waals surface area contributed by atoms with Crippen LogP contribution in [0.25, 0.3) is 5.57 Å². The largest absolute Gasteiger partial charge is 0.493 e. The molecule has 2 heteroatoms. The highest BCUT2D eigenvalue weighted by Gasteiger charge is 2.09. The summed E-state index contributed by atoms with van der Waals surface area (Å²) in [4.78, 5) is 0. The first-order valence-electron chi connectivity index (χ1n) is 5.85. The molecule has 0 aromatic heterocycles. The monoisotopic (exact) mass is 230 g/mol. The fraction of sp³-hybridized carbons (Fsp3) is 0.333. The second kappa shape index (κ2) is 5.09. The molecule has 0 saturated carbocycles. The molecule has 1 aliphatic carbocycles. The van der Waals surface area contributed by atoms with Gasteiger partial charge in [0.05, 0.1) is 14.2 Å². The summed E-state index contributed by atoms with van der Waals surface area (Å²) in [5.74, 6) is 2.14. The number of allylic oxidation sites excluding steroid dienone is 4. The lowest BCUT2D eigenvalue weighted by molar-refractivity contribution is 0.355. The highest BCUT2D eigenvalue weighted by atomic mass is 16.5. The van der Waals surface area contributed by atoms with E-state index in [2.05, 4.69) is 31.2 Å². The van der Waals surface area contributed by atoms with Crippen LogP contribution in [0.15, 0.2) is 36.4 Å². The Morgan fingerprint density at radius 2 is 1.88 bits per heavy atom. The second-order valence-corrected chi connectivity index (χ2v) is 4.31. The van der Waals surface area contributed by atoms with Crippen LogP contribution in [0.3, 0.4) is 0 Å². The maximum atomic E-state index is 5.32. The van der Waals surface area contributed by atoms with E-state index in [1.54, 1.807) is 14.2 Å². The van der Waals surface area contributed by atoms with E-state index in [0.717, 1.165) is 17.9 Å². The van der Waals surface area contributed by atoms with Crippen molar-refractivity contribution in [3.05, 3.63) is 42.0 Å². The van der Waals surface area contributed by atoms with Crippen LogP contribution in [0.2, 0.25) is 0 Å². The average molecular weight is 230 g/mol. The fourth-order valence-corrected chi connectivity index (χ4v) is 2.05. The predicted molar refractivity (Wildman–Crippen MR) is 70.4 cm³/mol. The third-order valence-corrected chi connectivity index (χ3v) is 2.99. The Hall–Kier alpha value is -1.70. The van der Waals surface area contributed by atoms with Crippen molar-refractivity contribution in [3.63, 3.8) is 0 Å². The molecule has 2 rings (SSSR count). The van der Waals surface area contributed by atoms with Crippen LogP contribution in [0.4, 0.5) is 0 Å². The van der Waals surface area contributed by atoms with Crippen molar-refractivity contribution in [1.29, 1.82) is 0 Å². The zero-order valence-corrected chi connectivity index (χ0v) is 10.6. The Morgan fingerprint density at radius 3 is 2.53 bits per heavy atom. The van der Waals surface area contributed by atoms with Gasteiger partial charge in [0, 0.05) is 0 Å². The molecule has 0 saturated heterocycles. The van der Waals surface area contributed by atoms with Crippen LogP contribution < -0.4 is 9.47 Å². The number of methoxy groups -OCH3 is 2. The minimum absolute atomic E-state index is 0.600. The van der Waals surface area contributed by atoms with Crippen LogP contribution in [0, 0.1) is 5.92 Å². The van der Waals surface area contributed by atoms with Crippen molar-refractivity contribution >= 4 is 5.57 Å². The molecule has 1 aromatic carbocycles. The zero-order valence-electron chi connectivity index (χ0n) is 10.6. The van der Waals surface area contributed by atoms with Crippen molar-refractivity contribution in [1.82, 2.24) is 0 Å². The van der Waals surface area contributed by atoms with Gasteiger partial charge in [-0.3, -0.25) is 0 Å². The van der Waals surface area contributed by atoms with E-state index in [0.29, 0.717) is 5.92 Å². The van der Waals surface area contributed by atoms with Crippen LogP contribution in [-0.4, -0.2) is 14.2 Å². The Labute approximate surface area is 103 Å². The molecule has 0 spiro atoms. The molecule has 0 radical (unpaired) electrons. The fourth-order valence-electron chi connectivity index (χ4n) is 2.05. The summed E-state index contributed by atoms with van der Waals surface area (Å²) in [6.07, 6.45) is 7.80. The van der Waals surface area contributed by atoms with Crippen molar-refractivity contribution in [2.45, 2.75) is 13.3 Å². The van der Waals surface area contributed by atoms with Gasteiger partial charge >= 0.3 is 0 Å². The number of ether oxygens (including phenoxy) is 2. The molecule has 90 valence electrons. The quantitative estimate of drug-likeness (QED) is 0.788. The normalized spacial score (nSPS) is 18.8. The highest BCUT2D eigenvalue weighted by molar-refractivity contribution is 5.76. The molecule has 17 heavy (non-hydrogen) atoms. The minimum Gasteiger partial charge on any atom is -0.493 e. The van der Waals surface area contributed by atoms with Crippen molar-refractivity contribution in [2.24, 2.45) is 5.92 Å². The lowest BCUT2D eigenvalue weighted by Gasteiger charge is -2.14. The smallest absolute Gasteiger partial charge is 0.161 e. The Bertz CT molecular complexity index is 458. The van der Waals surface area contributed by atoms with Crippen LogP contribution in [0.1, 0.15) is 18.9 Å². The topological polar surface area (TPSA) is 18.5 Å². The third-order valence-electron chi connectivity index (χ3n) is 2.99. The summed E-state index contributed by atoms with van der Waals surface area (Å²) < 4.78 is 10.6. The molecule has 0 amide bonds. The van der Waals surface area contributed by atoms with Gasteiger partial charge in [-0.25, -0.2) is 0 Å². The van der Waals surface area contributed by atoms with E-state index in [1.807, 2.05) is 12.1 Å². The van der Waals surface area contributed by atoms with Gasteiger partial charge in [-0.2, -0.15) is 0 Å². The van der Waals surface area contributed by atoms with Gasteiger partial charge in [0.25, 0.3) is 0 Å². The number of benzene rings is 1. The average Bonchev–Trinajstić information content (AvgIpc) is 2.38. The van der Waals surface area contributed by atoms with Gasteiger partial charge in [0.15, 0.2) is 11.5 Å². The van der Waals surface area contributed by atoms with Gasteiger partial charge in [0.1, 0.15) is 0 Å². The van der Waals surface area contributed by atoms with Crippen LogP contribution in [0.5, 0.6) is 11.5 Å². The Kier molecular flexibility index (Phi) is 3.52. The predicted octanol–water partition coefficient (Wildman–Crippen LogP) is 3.68. The molecule has 0 heterocycles. The van der Waals surface area contributed by atoms with Crippen molar-refractivity contribution in [3.8, 4) is 11.5 Å². The van der Waals surface area contributed by atoms with E-state index in [-0.39, 0.29) is 0 Å². The van der Waals surface area contributed by atoms with Crippen molar-refractivity contribution in [2.75, 3.05) is 14.2 Å². The lowest BCUT2D eigenvalue weighted by Crippen LogP contribution is -1.96. The summed E-state index contributed by atoms with van der Waals surface area (Å²) in [5.41, 5.74) is 2.43. The van der Waals surface area contributed by atoms with Gasteiger partial charge < -0.3 is 9.47 Å². The maximum absolute atomic E-state index is 5.32. The highest BCUT2D eigenvalue weighted by Crippen LogP contribution is 2.32. The Balaban J connectivity index is 2.36. The van der Waals surface area contributed by atoms with E-state index >= 15 is 0 Å². The molecule has 1 aliphatic rings. The summed E-state index contributed by atoms with van der Waals surface area (Å²) in [7, 11) is 3.31. The summed E-state index contributed by atoms with van der Waals surface area (Å²) >= 11 is 0. The van der Waals surface area contributed by atoms with Crippen LogP contribution in [-0.2, 0) is 0 Å². The molecule has 1 atom stereocenters. The minimum atomic E-state index is 0.600. The number of rotatable bonds is 3. The van der Waals surface area contributed by atoms with Crippen molar-refractivity contribution < 1.29 is 9.47 Å². The number of hydrogen-bond donors (Lipinski definition) is 0. The first-order chi connectivity index (χ1) is 8.24. The van der Waals surface area contributed by atoms with Gasteiger partial charge in [-0.05, 0) is 35.6 Å². The molecule has 1 unspecified atom stereocenters. The van der Waals surface area contributed by atoms with E-state index in [9.17, 15) is 0 Å². The first kappa shape index (κ1) is 11.8. The van der Waals surface area contributed by atoms with Gasteiger partial charge in [0.2, 0.25) is 0 Å². The third kappa shape index (κ3) is 2.52. The molecule has 0 aliphatic heterocycles. The number of hydrogen-bond acceptors (Lipinski definition) is 2. The second-order valence-electron chi connectivity index (χ2n) is 4.31. The van der Waals surface area contributed by atoms with Gasteiger partial charge in [-0.1, -0.05) is 31.2 Å². The molecule has 0 N–H and O–H groups in total. The molecular weight excluding hydrogens is 212 g/mol. The SMILES string of the molecule is COc1ccc(C2=CC(C)CC=C2)cc1OC. The van der Waals surface area contributed by atoms with Crippen LogP contribution >= 0.6 is 0 Å². The zero-order chi connectivity index (χ0) is 12.3. The first-order valence-corrected chi connectivity index (χ1v) is 5.85. The summed E-state index contributed by atoms with van der Waals surface area (Å²) in [5, 5.41) is 0. The van der Waals surface area contributed by atoms with E-state index in [1.165, 1.54) is 11.1 Å². The molecule has 0 bridgehead atoms. The van der Waals surface area contributed by atoms with E-state index in [4.69, 9.17) is 9.47 Å². The van der Waals surface area contributed by atoms with E-state index < -0.39 is 0 Å². The molecule has 2 nitrogen and oxygen atoms in total. The molecule has 0 fully saturated rings.